The summed E-state index contributed by atoms with van der Waals surface area (Å²) in [7, 11) is 0. The standard InChI is InChI=1S/C18H20BrN5O2/c1-11(2)8-9-20-17(25)18-21-16(23-26-18)15-10-24(22-12(15)3)14-6-4-13(19)5-7-14/h4-7,10-11H,8-9H2,1-3H3,(H,20,25). The number of aryl methyl sites for hydroxylation is 1. The van der Waals surface area contributed by atoms with Crippen LogP contribution >= 0.6 is 15.9 Å². The van der Waals surface area contributed by atoms with Crippen LogP contribution in [-0.2, 0) is 0 Å². The van der Waals surface area contributed by atoms with E-state index in [4.69, 9.17) is 4.52 Å². The van der Waals surface area contributed by atoms with Gasteiger partial charge in [-0.25, -0.2) is 4.68 Å². The molecular weight excluding hydrogens is 398 g/mol. The van der Waals surface area contributed by atoms with Crippen LogP contribution in [0.25, 0.3) is 17.1 Å². The van der Waals surface area contributed by atoms with E-state index in [9.17, 15) is 4.79 Å². The monoisotopic (exact) mass is 417 g/mol. The van der Waals surface area contributed by atoms with Crippen molar-refractivity contribution in [2.75, 3.05) is 6.54 Å². The summed E-state index contributed by atoms with van der Waals surface area (Å²) in [6.07, 6.45) is 2.72. The number of carbonyl (C=O) groups excluding carboxylic acids is 1. The van der Waals surface area contributed by atoms with Crippen LogP contribution < -0.4 is 5.32 Å². The average Bonchev–Trinajstić information content (AvgIpc) is 3.22. The zero-order chi connectivity index (χ0) is 18.7. The van der Waals surface area contributed by atoms with E-state index in [2.05, 4.69) is 50.3 Å². The van der Waals surface area contributed by atoms with E-state index in [1.54, 1.807) is 4.68 Å². The molecule has 0 aliphatic rings. The Bertz CT molecular complexity index is 899. The Kier molecular flexibility index (Phi) is 5.51. The van der Waals surface area contributed by atoms with Gasteiger partial charge in [0.25, 0.3) is 0 Å². The molecule has 1 N–H and O–H groups in total. The maximum Gasteiger partial charge on any atom is 0.316 e. The number of aromatic nitrogens is 4. The van der Waals surface area contributed by atoms with Crippen molar-refractivity contribution in [3.05, 3.63) is 46.5 Å². The SMILES string of the molecule is Cc1nn(-c2ccc(Br)cc2)cc1-c1noc(C(=O)NCCC(C)C)n1. The number of hydrogen-bond donors (Lipinski definition) is 1. The fourth-order valence-electron chi connectivity index (χ4n) is 2.38. The van der Waals surface area contributed by atoms with Gasteiger partial charge in [0.1, 0.15) is 0 Å². The summed E-state index contributed by atoms with van der Waals surface area (Å²) in [6.45, 7) is 6.64. The highest BCUT2D eigenvalue weighted by Crippen LogP contribution is 2.22. The zero-order valence-corrected chi connectivity index (χ0v) is 16.4. The summed E-state index contributed by atoms with van der Waals surface area (Å²) in [4.78, 5) is 16.3. The van der Waals surface area contributed by atoms with Crippen LogP contribution in [0.5, 0.6) is 0 Å². The van der Waals surface area contributed by atoms with Crippen LogP contribution in [0.1, 0.15) is 36.6 Å². The van der Waals surface area contributed by atoms with E-state index in [1.165, 1.54) is 0 Å². The molecule has 0 unspecified atom stereocenters. The number of halogens is 1. The molecule has 2 heterocycles. The van der Waals surface area contributed by atoms with Crippen molar-refractivity contribution in [1.82, 2.24) is 25.2 Å². The number of benzene rings is 1. The lowest BCUT2D eigenvalue weighted by Gasteiger charge is -2.04. The predicted octanol–water partition coefficient (Wildman–Crippen LogP) is 3.77. The number of nitrogens with one attached hydrogen (secondary N) is 1. The molecule has 136 valence electrons. The first-order chi connectivity index (χ1) is 12.4. The Morgan fingerprint density at radius 2 is 2.04 bits per heavy atom. The first-order valence-corrected chi connectivity index (χ1v) is 9.18. The Morgan fingerprint density at radius 3 is 2.73 bits per heavy atom. The van der Waals surface area contributed by atoms with E-state index >= 15 is 0 Å². The van der Waals surface area contributed by atoms with Crippen molar-refractivity contribution in [2.24, 2.45) is 5.92 Å². The van der Waals surface area contributed by atoms with Crippen LogP contribution in [0.15, 0.2) is 39.5 Å². The van der Waals surface area contributed by atoms with E-state index in [0.29, 0.717) is 18.3 Å². The highest BCUT2D eigenvalue weighted by molar-refractivity contribution is 9.10. The normalized spacial score (nSPS) is 11.1. The lowest BCUT2D eigenvalue weighted by atomic mass is 10.1. The largest absolute Gasteiger partial charge is 0.348 e. The van der Waals surface area contributed by atoms with E-state index in [0.717, 1.165) is 27.8 Å². The second kappa shape index (κ2) is 7.82. The van der Waals surface area contributed by atoms with Gasteiger partial charge in [-0.1, -0.05) is 34.9 Å². The van der Waals surface area contributed by atoms with Gasteiger partial charge in [-0.2, -0.15) is 10.1 Å². The summed E-state index contributed by atoms with van der Waals surface area (Å²) in [6, 6.07) is 7.79. The van der Waals surface area contributed by atoms with Crippen LogP contribution in [0.4, 0.5) is 0 Å². The van der Waals surface area contributed by atoms with Crippen LogP contribution in [0.3, 0.4) is 0 Å². The lowest BCUT2D eigenvalue weighted by Crippen LogP contribution is -2.25. The molecule has 0 bridgehead atoms. The summed E-state index contributed by atoms with van der Waals surface area (Å²) >= 11 is 3.42. The Balaban J connectivity index is 1.77. The zero-order valence-electron chi connectivity index (χ0n) is 14.9. The molecular formula is C18H20BrN5O2. The first-order valence-electron chi connectivity index (χ1n) is 8.38. The van der Waals surface area contributed by atoms with Crippen molar-refractivity contribution in [1.29, 1.82) is 0 Å². The van der Waals surface area contributed by atoms with Crippen molar-refractivity contribution in [3.63, 3.8) is 0 Å². The number of nitrogens with zero attached hydrogens (tertiary/aromatic N) is 4. The van der Waals surface area contributed by atoms with Crippen LogP contribution in [-0.4, -0.2) is 32.4 Å². The smallest absolute Gasteiger partial charge is 0.316 e. The maximum atomic E-state index is 12.1. The molecule has 3 rings (SSSR count). The molecule has 0 saturated heterocycles. The quantitative estimate of drug-likeness (QED) is 0.659. The molecule has 0 radical (unpaired) electrons. The third-order valence-corrected chi connectivity index (χ3v) is 4.39. The minimum absolute atomic E-state index is 0.0421. The molecule has 3 aromatic rings. The van der Waals surface area contributed by atoms with Gasteiger partial charge in [-0.05, 0) is 43.5 Å². The van der Waals surface area contributed by atoms with Crippen LogP contribution in [0, 0.1) is 12.8 Å². The Labute approximate surface area is 159 Å². The number of rotatable bonds is 6. The van der Waals surface area contributed by atoms with Crippen molar-refractivity contribution in [2.45, 2.75) is 27.2 Å². The second-order valence-electron chi connectivity index (χ2n) is 6.41. The van der Waals surface area contributed by atoms with Gasteiger partial charge in [-0.3, -0.25) is 4.79 Å². The van der Waals surface area contributed by atoms with E-state index in [1.807, 2.05) is 37.4 Å². The maximum absolute atomic E-state index is 12.1. The van der Waals surface area contributed by atoms with E-state index < -0.39 is 0 Å². The Hall–Kier alpha value is -2.48. The summed E-state index contributed by atoms with van der Waals surface area (Å²) in [5.41, 5.74) is 2.39. The van der Waals surface area contributed by atoms with Gasteiger partial charge in [0.05, 0.1) is 16.9 Å². The fourth-order valence-corrected chi connectivity index (χ4v) is 2.65. The highest BCUT2D eigenvalue weighted by atomic mass is 79.9. The number of hydrogen-bond acceptors (Lipinski definition) is 5. The summed E-state index contributed by atoms with van der Waals surface area (Å²) in [5, 5.41) is 11.2. The predicted molar refractivity (Wildman–Crippen MR) is 101 cm³/mol. The third-order valence-electron chi connectivity index (χ3n) is 3.86. The van der Waals surface area contributed by atoms with Gasteiger partial charge < -0.3 is 9.84 Å². The van der Waals surface area contributed by atoms with Gasteiger partial charge in [0, 0.05) is 17.2 Å². The summed E-state index contributed by atoms with van der Waals surface area (Å²) in [5.74, 6) is 0.461. The molecule has 2 aromatic heterocycles. The van der Waals surface area contributed by atoms with Crippen molar-refractivity contribution >= 4 is 21.8 Å². The third kappa shape index (κ3) is 4.19. The minimum atomic E-state index is -0.359. The van der Waals surface area contributed by atoms with Crippen molar-refractivity contribution in [3.8, 4) is 17.1 Å². The van der Waals surface area contributed by atoms with E-state index in [-0.39, 0.29) is 11.8 Å². The molecule has 0 aliphatic heterocycles. The molecule has 0 saturated carbocycles. The van der Waals surface area contributed by atoms with Crippen molar-refractivity contribution < 1.29 is 9.32 Å². The molecule has 1 amide bonds. The topological polar surface area (TPSA) is 85.8 Å². The van der Waals surface area contributed by atoms with Crippen LogP contribution in [0.2, 0.25) is 0 Å². The molecule has 26 heavy (non-hydrogen) atoms. The highest BCUT2D eigenvalue weighted by Gasteiger charge is 2.19. The molecule has 0 aliphatic carbocycles. The number of amides is 1. The first kappa shape index (κ1) is 18.3. The molecule has 0 fully saturated rings. The summed E-state index contributed by atoms with van der Waals surface area (Å²) < 4.78 is 7.85. The molecule has 8 heteroatoms. The van der Waals surface area contributed by atoms with Gasteiger partial charge >= 0.3 is 11.8 Å². The lowest BCUT2D eigenvalue weighted by molar-refractivity contribution is 0.0908. The number of carbonyl (C=O) groups is 1. The molecule has 7 nitrogen and oxygen atoms in total. The Morgan fingerprint density at radius 1 is 1.31 bits per heavy atom. The minimum Gasteiger partial charge on any atom is -0.348 e. The molecule has 1 aromatic carbocycles. The van der Waals surface area contributed by atoms with Gasteiger partial charge in [-0.15, -0.1) is 0 Å². The fraction of sp³-hybridized carbons (Fsp3) is 0.333. The molecule has 0 spiro atoms. The van der Waals surface area contributed by atoms with Gasteiger partial charge in [0.15, 0.2) is 0 Å². The molecule has 0 atom stereocenters. The average molecular weight is 418 g/mol. The van der Waals surface area contributed by atoms with Gasteiger partial charge in [0.2, 0.25) is 5.82 Å². The second-order valence-corrected chi connectivity index (χ2v) is 7.33.